The first-order valence-corrected chi connectivity index (χ1v) is 12.5. The molecule has 0 saturated carbocycles. The van der Waals surface area contributed by atoms with Crippen LogP contribution in [0.2, 0.25) is 0 Å². The molecule has 4 nitrogen and oxygen atoms in total. The maximum absolute atomic E-state index is 8.95. The van der Waals surface area contributed by atoms with Crippen LogP contribution in [0.25, 0.3) is 32.5 Å². The van der Waals surface area contributed by atoms with Gasteiger partial charge < -0.3 is 11.1 Å². The molecule has 0 aliphatic rings. The Hall–Kier alpha value is -3.98. The van der Waals surface area contributed by atoms with Crippen molar-refractivity contribution in [1.29, 1.82) is 5.26 Å². The second-order valence-corrected chi connectivity index (χ2v) is 9.70. The number of hydrogen-bond acceptors (Lipinski definition) is 5. The lowest BCUT2D eigenvalue weighted by Crippen LogP contribution is -2.27. The fraction of sp³-hybridized carbons (Fsp3) is 0.133. The zero-order valence-corrected chi connectivity index (χ0v) is 20.3. The van der Waals surface area contributed by atoms with Crippen molar-refractivity contribution in [3.63, 3.8) is 0 Å². The quantitative estimate of drug-likeness (QED) is 0.254. The van der Waals surface area contributed by atoms with Crippen LogP contribution >= 0.6 is 11.3 Å². The fourth-order valence-electron chi connectivity index (χ4n) is 4.22. The average Bonchev–Trinajstić information content (AvgIpc) is 3.37. The number of nitriles is 1. The van der Waals surface area contributed by atoms with Crippen LogP contribution in [-0.4, -0.2) is 11.0 Å². The maximum Gasteiger partial charge on any atom is 0.123 e. The molecule has 0 aliphatic carbocycles. The van der Waals surface area contributed by atoms with E-state index >= 15 is 0 Å². The van der Waals surface area contributed by atoms with Crippen LogP contribution in [0.1, 0.15) is 23.7 Å². The number of thiazole rings is 1. The van der Waals surface area contributed by atoms with E-state index in [9.17, 15) is 0 Å². The zero-order chi connectivity index (χ0) is 24.2. The van der Waals surface area contributed by atoms with Gasteiger partial charge in [-0.1, -0.05) is 48.5 Å². The maximum atomic E-state index is 8.95. The van der Waals surface area contributed by atoms with Gasteiger partial charge in [-0.15, -0.1) is 11.3 Å². The lowest BCUT2D eigenvalue weighted by molar-refractivity contribution is 0.541. The molecule has 0 aliphatic heterocycles. The van der Waals surface area contributed by atoms with Crippen molar-refractivity contribution < 1.29 is 0 Å². The van der Waals surface area contributed by atoms with E-state index in [2.05, 4.69) is 72.2 Å². The molecule has 3 N–H and O–H groups in total. The van der Waals surface area contributed by atoms with Crippen molar-refractivity contribution in [2.75, 3.05) is 5.73 Å². The number of aromatic nitrogens is 1. The van der Waals surface area contributed by atoms with Crippen molar-refractivity contribution >= 4 is 27.8 Å². The summed E-state index contributed by atoms with van der Waals surface area (Å²) >= 11 is 1.67. The summed E-state index contributed by atoms with van der Waals surface area (Å²) in [6, 6.07) is 31.3. The molecule has 1 unspecified atom stereocenters. The highest BCUT2D eigenvalue weighted by atomic mass is 32.1. The molecule has 5 heteroatoms. The minimum absolute atomic E-state index is 0.305. The number of nitrogen functional groups attached to an aromatic ring is 1. The molecule has 0 fully saturated rings. The third kappa shape index (κ3) is 5.41. The zero-order valence-electron chi connectivity index (χ0n) is 19.5. The van der Waals surface area contributed by atoms with Crippen molar-refractivity contribution in [1.82, 2.24) is 10.3 Å². The molecule has 172 valence electrons. The molecule has 1 atom stereocenters. The molecule has 4 aromatic carbocycles. The normalized spacial score (nSPS) is 11.9. The van der Waals surface area contributed by atoms with Gasteiger partial charge in [0.1, 0.15) is 5.01 Å². The number of hydrogen-bond donors (Lipinski definition) is 2. The number of fused-ring (bicyclic) bond motifs is 1. The summed E-state index contributed by atoms with van der Waals surface area (Å²) in [5, 5.41) is 18.0. The van der Waals surface area contributed by atoms with Crippen molar-refractivity contribution in [3.05, 3.63) is 107 Å². The monoisotopic (exact) mass is 474 g/mol. The van der Waals surface area contributed by atoms with Crippen LogP contribution in [0.4, 0.5) is 5.69 Å². The number of nitrogens with one attached hydrogen (secondary N) is 1. The summed E-state index contributed by atoms with van der Waals surface area (Å²) in [7, 11) is 0. The smallest absolute Gasteiger partial charge is 0.123 e. The average molecular weight is 475 g/mol. The van der Waals surface area contributed by atoms with Gasteiger partial charge in [0.2, 0.25) is 0 Å². The van der Waals surface area contributed by atoms with Gasteiger partial charge in [-0.3, -0.25) is 0 Å². The van der Waals surface area contributed by atoms with E-state index in [1.54, 1.807) is 11.3 Å². The topological polar surface area (TPSA) is 74.7 Å². The number of nitrogens with zero attached hydrogens (tertiary/aromatic N) is 2. The lowest BCUT2D eigenvalue weighted by Gasteiger charge is -2.13. The summed E-state index contributed by atoms with van der Waals surface area (Å²) in [6.07, 6.45) is 0.906. The summed E-state index contributed by atoms with van der Waals surface area (Å²) in [6.45, 7) is 2.90. The predicted octanol–water partition coefficient (Wildman–Crippen LogP) is 6.80. The van der Waals surface area contributed by atoms with Crippen LogP contribution in [0.5, 0.6) is 0 Å². The van der Waals surface area contributed by atoms with Crippen LogP contribution in [-0.2, 0) is 13.0 Å². The molecule has 35 heavy (non-hydrogen) atoms. The Kier molecular flexibility index (Phi) is 6.58. The van der Waals surface area contributed by atoms with Crippen LogP contribution in [0.15, 0.2) is 90.3 Å². The van der Waals surface area contributed by atoms with Crippen molar-refractivity contribution in [3.8, 4) is 27.8 Å². The van der Waals surface area contributed by atoms with E-state index in [-0.39, 0.29) is 0 Å². The van der Waals surface area contributed by atoms with E-state index in [1.165, 1.54) is 22.1 Å². The molecule has 5 aromatic rings. The van der Waals surface area contributed by atoms with Gasteiger partial charge in [-0.25, -0.2) is 4.98 Å². The summed E-state index contributed by atoms with van der Waals surface area (Å²) < 4.78 is 0. The van der Waals surface area contributed by atoms with E-state index in [0.717, 1.165) is 40.3 Å². The molecule has 0 amide bonds. The largest absolute Gasteiger partial charge is 0.399 e. The van der Waals surface area contributed by atoms with Gasteiger partial charge in [0.25, 0.3) is 0 Å². The summed E-state index contributed by atoms with van der Waals surface area (Å²) in [4.78, 5) is 4.88. The van der Waals surface area contributed by atoms with Crippen molar-refractivity contribution in [2.24, 2.45) is 0 Å². The Balaban J connectivity index is 1.26. The first-order valence-electron chi connectivity index (χ1n) is 11.6. The molecule has 0 bridgehead atoms. The second kappa shape index (κ2) is 10.1. The molecule has 0 saturated heterocycles. The minimum atomic E-state index is 0.305. The Bertz CT molecular complexity index is 1510. The highest BCUT2D eigenvalue weighted by Gasteiger charge is 2.09. The van der Waals surface area contributed by atoms with E-state index in [0.29, 0.717) is 11.6 Å². The third-order valence-electron chi connectivity index (χ3n) is 6.12. The van der Waals surface area contributed by atoms with Crippen LogP contribution in [0, 0.1) is 11.3 Å². The van der Waals surface area contributed by atoms with Gasteiger partial charge in [0.15, 0.2) is 0 Å². The van der Waals surface area contributed by atoms with Gasteiger partial charge in [-0.05, 0) is 77.2 Å². The molecule has 5 rings (SSSR count). The first-order chi connectivity index (χ1) is 17.1. The molecule has 1 aromatic heterocycles. The Labute approximate surface area is 209 Å². The Morgan fingerprint density at radius 2 is 1.66 bits per heavy atom. The second-order valence-electron chi connectivity index (χ2n) is 8.84. The molecule has 0 spiro atoms. The summed E-state index contributed by atoms with van der Waals surface area (Å²) in [5.41, 5.74) is 13.1. The van der Waals surface area contributed by atoms with Crippen LogP contribution < -0.4 is 11.1 Å². The standard InChI is InChI=1S/C30H26N4S/c1-20(13-21-5-7-22(17-31)8-6-21)33-18-29-19-35-30(34-29)27-4-2-3-23(15-27)24-9-10-26-16-28(32)12-11-25(26)14-24/h2-12,14-16,19-20,33H,13,18,32H2,1H3. The first kappa shape index (κ1) is 22.8. The molecule has 0 radical (unpaired) electrons. The van der Waals surface area contributed by atoms with E-state index in [1.807, 2.05) is 36.4 Å². The molecular weight excluding hydrogens is 448 g/mol. The van der Waals surface area contributed by atoms with Crippen molar-refractivity contribution in [2.45, 2.75) is 25.9 Å². The Morgan fingerprint density at radius 3 is 2.49 bits per heavy atom. The van der Waals surface area contributed by atoms with Gasteiger partial charge in [-0.2, -0.15) is 5.26 Å². The lowest BCUT2D eigenvalue weighted by atomic mass is 9.99. The molecule has 1 heterocycles. The fourth-order valence-corrected chi connectivity index (χ4v) is 5.03. The van der Waals surface area contributed by atoms with Gasteiger partial charge in [0, 0.05) is 29.2 Å². The number of rotatable bonds is 7. The third-order valence-corrected chi connectivity index (χ3v) is 7.06. The van der Waals surface area contributed by atoms with Gasteiger partial charge in [0.05, 0.1) is 17.3 Å². The highest BCUT2D eigenvalue weighted by molar-refractivity contribution is 7.13. The number of nitrogens with two attached hydrogens (primary N) is 1. The Morgan fingerprint density at radius 1 is 0.914 bits per heavy atom. The SMILES string of the molecule is CC(Cc1ccc(C#N)cc1)NCc1csc(-c2cccc(-c3ccc4cc(N)ccc4c3)c2)n1. The molecular formula is C30H26N4S. The van der Waals surface area contributed by atoms with E-state index < -0.39 is 0 Å². The number of benzene rings is 4. The predicted molar refractivity (Wildman–Crippen MR) is 146 cm³/mol. The van der Waals surface area contributed by atoms with Gasteiger partial charge >= 0.3 is 0 Å². The van der Waals surface area contributed by atoms with E-state index in [4.69, 9.17) is 16.0 Å². The number of anilines is 1. The highest BCUT2D eigenvalue weighted by Crippen LogP contribution is 2.30. The summed E-state index contributed by atoms with van der Waals surface area (Å²) in [5.74, 6) is 0. The van der Waals surface area contributed by atoms with Crippen LogP contribution in [0.3, 0.4) is 0 Å². The minimum Gasteiger partial charge on any atom is -0.399 e.